The van der Waals surface area contributed by atoms with Crippen LogP contribution in [0.25, 0.3) is 17.0 Å². The van der Waals surface area contributed by atoms with Crippen LogP contribution >= 0.6 is 15.9 Å². The van der Waals surface area contributed by atoms with Crippen LogP contribution in [0.2, 0.25) is 0 Å². The first-order valence-corrected chi connectivity index (χ1v) is 10.9. The van der Waals surface area contributed by atoms with Crippen LogP contribution in [0, 0.1) is 6.92 Å². The van der Waals surface area contributed by atoms with Gasteiger partial charge in [0.2, 0.25) is 11.5 Å². The van der Waals surface area contributed by atoms with Crippen LogP contribution in [-0.4, -0.2) is 18.9 Å². The van der Waals surface area contributed by atoms with Gasteiger partial charge in [-0.2, -0.15) is 0 Å². The lowest BCUT2D eigenvalue weighted by Crippen LogP contribution is -2.08. The number of ether oxygens (including phenoxy) is 3. The highest BCUT2D eigenvalue weighted by Crippen LogP contribution is 2.40. The zero-order chi connectivity index (χ0) is 23.1. The molecule has 0 saturated heterocycles. The Bertz CT molecular complexity index is 1450. The van der Waals surface area contributed by atoms with Gasteiger partial charge in [0.15, 0.2) is 17.1 Å². The minimum atomic E-state index is -0.661. The van der Waals surface area contributed by atoms with Crippen LogP contribution in [0.1, 0.15) is 32.0 Å². The highest BCUT2D eigenvalue weighted by atomic mass is 79.9. The van der Waals surface area contributed by atoms with Crippen LogP contribution < -0.4 is 14.2 Å². The maximum absolute atomic E-state index is 12.8. The molecule has 164 valence electrons. The third-order valence-corrected chi connectivity index (χ3v) is 5.86. The van der Waals surface area contributed by atoms with Crippen molar-refractivity contribution >= 4 is 44.7 Å². The Labute approximate surface area is 197 Å². The van der Waals surface area contributed by atoms with Crippen molar-refractivity contribution in [3.8, 4) is 17.2 Å². The SMILES string of the molecule is COc1cccc2cc(C(=O)Oc3ccc4c(c3C)O/C(=C\c3ccc(Br)cc3)C4=O)oc12. The van der Waals surface area contributed by atoms with Crippen molar-refractivity contribution in [2.45, 2.75) is 6.92 Å². The summed E-state index contributed by atoms with van der Waals surface area (Å²) in [6.07, 6.45) is 1.68. The van der Waals surface area contributed by atoms with E-state index >= 15 is 0 Å². The summed E-state index contributed by atoms with van der Waals surface area (Å²) in [6.45, 7) is 1.74. The van der Waals surface area contributed by atoms with Crippen LogP contribution in [-0.2, 0) is 0 Å². The molecule has 3 aromatic carbocycles. The van der Waals surface area contributed by atoms with Crippen molar-refractivity contribution in [2.75, 3.05) is 7.11 Å². The van der Waals surface area contributed by atoms with Gasteiger partial charge in [-0.3, -0.25) is 4.79 Å². The summed E-state index contributed by atoms with van der Waals surface area (Å²) in [5.41, 5.74) is 2.26. The largest absolute Gasteiger partial charge is 0.493 e. The molecule has 33 heavy (non-hydrogen) atoms. The fraction of sp³-hybridized carbons (Fsp3) is 0.0769. The normalized spacial score (nSPS) is 13.8. The first-order chi connectivity index (χ1) is 15.9. The first kappa shape index (κ1) is 21.0. The van der Waals surface area contributed by atoms with Gasteiger partial charge in [-0.05, 0) is 55.0 Å². The van der Waals surface area contributed by atoms with Crippen LogP contribution in [0.3, 0.4) is 0 Å². The molecule has 0 spiro atoms. The lowest BCUT2D eigenvalue weighted by atomic mass is 10.1. The number of hydrogen-bond donors (Lipinski definition) is 0. The second kappa shape index (κ2) is 8.26. The standard InChI is InChI=1S/C26H17BrO6/c1-14-19(33-26(29)22-13-16-4-3-5-20(30-2)25(16)32-22)11-10-18-23(28)21(31-24(14)18)12-15-6-8-17(27)9-7-15/h3-13H,1-2H3/b21-12-. The molecule has 6 nitrogen and oxygen atoms in total. The third kappa shape index (κ3) is 3.81. The van der Waals surface area contributed by atoms with E-state index in [-0.39, 0.29) is 23.1 Å². The topological polar surface area (TPSA) is 75.0 Å². The molecule has 1 aliphatic rings. The Morgan fingerprint density at radius 1 is 1.03 bits per heavy atom. The molecule has 0 radical (unpaired) electrons. The number of hydrogen-bond acceptors (Lipinski definition) is 6. The number of methoxy groups -OCH3 is 1. The first-order valence-electron chi connectivity index (χ1n) is 10.1. The minimum Gasteiger partial charge on any atom is -0.493 e. The zero-order valence-electron chi connectivity index (χ0n) is 17.7. The highest BCUT2D eigenvalue weighted by molar-refractivity contribution is 9.10. The second-order valence-corrected chi connectivity index (χ2v) is 8.35. The number of halogens is 1. The molecule has 5 rings (SSSR count). The van der Waals surface area contributed by atoms with Gasteiger partial charge in [-0.25, -0.2) is 4.79 Å². The zero-order valence-corrected chi connectivity index (χ0v) is 19.3. The van der Waals surface area contributed by atoms with Crippen molar-refractivity contribution in [3.05, 3.63) is 93.3 Å². The number of ketones is 1. The Kier molecular flexibility index (Phi) is 5.26. The maximum Gasteiger partial charge on any atom is 0.379 e. The Morgan fingerprint density at radius 2 is 1.82 bits per heavy atom. The quantitative estimate of drug-likeness (QED) is 0.183. The third-order valence-electron chi connectivity index (χ3n) is 5.34. The molecule has 7 heteroatoms. The van der Waals surface area contributed by atoms with Crippen molar-refractivity contribution in [3.63, 3.8) is 0 Å². The summed E-state index contributed by atoms with van der Waals surface area (Å²) in [4.78, 5) is 25.6. The fourth-order valence-corrected chi connectivity index (χ4v) is 3.90. The lowest BCUT2D eigenvalue weighted by molar-refractivity contribution is 0.0702. The average Bonchev–Trinajstić information content (AvgIpc) is 3.39. The molecule has 0 atom stereocenters. The maximum atomic E-state index is 12.8. The summed E-state index contributed by atoms with van der Waals surface area (Å²) in [5.74, 6) is 0.552. The molecule has 0 amide bonds. The number of carbonyl (C=O) groups is 2. The van der Waals surface area contributed by atoms with Crippen LogP contribution in [0.15, 0.2) is 75.3 Å². The van der Waals surface area contributed by atoms with E-state index < -0.39 is 5.97 Å². The summed E-state index contributed by atoms with van der Waals surface area (Å²) in [5, 5.41) is 0.726. The molecule has 0 aliphatic carbocycles. The summed E-state index contributed by atoms with van der Waals surface area (Å²) < 4.78 is 23.3. The molecule has 2 heterocycles. The van der Waals surface area contributed by atoms with E-state index in [1.54, 1.807) is 37.3 Å². The minimum absolute atomic E-state index is 0.0437. The molecule has 0 N–H and O–H groups in total. The number of furan rings is 1. The molecular formula is C26H17BrO6. The summed E-state index contributed by atoms with van der Waals surface area (Å²) in [6, 6.07) is 17.7. The number of para-hydroxylation sites is 1. The van der Waals surface area contributed by atoms with E-state index in [4.69, 9.17) is 18.6 Å². The Hall–Kier alpha value is -3.84. The summed E-state index contributed by atoms with van der Waals surface area (Å²) in [7, 11) is 1.53. The molecule has 4 aromatic rings. The van der Waals surface area contributed by atoms with Crippen LogP contribution in [0.5, 0.6) is 17.2 Å². The van der Waals surface area contributed by atoms with Gasteiger partial charge in [-0.15, -0.1) is 0 Å². The van der Waals surface area contributed by atoms with Crippen LogP contribution in [0.4, 0.5) is 0 Å². The number of benzene rings is 3. The van der Waals surface area contributed by atoms with E-state index in [9.17, 15) is 9.59 Å². The Morgan fingerprint density at radius 3 is 2.58 bits per heavy atom. The number of allylic oxidation sites excluding steroid dienone is 1. The van der Waals surface area contributed by atoms with Gasteiger partial charge in [0, 0.05) is 15.4 Å². The van der Waals surface area contributed by atoms with Crippen molar-refractivity contribution in [1.29, 1.82) is 0 Å². The predicted molar refractivity (Wildman–Crippen MR) is 126 cm³/mol. The number of fused-ring (bicyclic) bond motifs is 2. The lowest BCUT2D eigenvalue weighted by Gasteiger charge is -2.09. The van der Waals surface area contributed by atoms with Gasteiger partial charge in [0.05, 0.1) is 12.7 Å². The number of carbonyl (C=O) groups excluding carboxylic acids is 2. The molecule has 0 unspecified atom stereocenters. The van der Waals surface area contributed by atoms with E-state index in [0.29, 0.717) is 28.2 Å². The predicted octanol–water partition coefficient (Wildman–Crippen LogP) is 6.35. The molecule has 0 saturated carbocycles. The molecule has 0 bridgehead atoms. The van der Waals surface area contributed by atoms with Gasteiger partial charge >= 0.3 is 5.97 Å². The number of rotatable bonds is 4. The van der Waals surface area contributed by atoms with E-state index in [2.05, 4.69) is 15.9 Å². The highest BCUT2D eigenvalue weighted by Gasteiger charge is 2.31. The smallest absolute Gasteiger partial charge is 0.379 e. The fourth-order valence-electron chi connectivity index (χ4n) is 3.64. The monoisotopic (exact) mass is 504 g/mol. The van der Waals surface area contributed by atoms with Crippen molar-refractivity contribution in [1.82, 2.24) is 0 Å². The number of Topliss-reactive ketones (excluding diaryl/α,β-unsaturated/α-hetero) is 1. The average molecular weight is 505 g/mol. The van der Waals surface area contributed by atoms with E-state index in [0.717, 1.165) is 15.4 Å². The van der Waals surface area contributed by atoms with Gasteiger partial charge in [-0.1, -0.05) is 40.2 Å². The van der Waals surface area contributed by atoms with Gasteiger partial charge in [0.1, 0.15) is 11.5 Å². The molecule has 1 aromatic heterocycles. The number of esters is 1. The molecule has 1 aliphatic heterocycles. The van der Waals surface area contributed by atoms with Gasteiger partial charge in [0.25, 0.3) is 0 Å². The van der Waals surface area contributed by atoms with Gasteiger partial charge < -0.3 is 18.6 Å². The van der Waals surface area contributed by atoms with E-state index in [1.165, 1.54) is 7.11 Å². The van der Waals surface area contributed by atoms with E-state index in [1.807, 2.05) is 36.4 Å². The summed E-state index contributed by atoms with van der Waals surface area (Å²) >= 11 is 3.39. The van der Waals surface area contributed by atoms with Crippen molar-refractivity contribution in [2.24, 2.45) is 0 Å². The molecule has 0 fully saturated rings. The molecular weight excluding hydrogens is 488 g/mol. The Balaban J connectivity index is 1.42. The van der Waals surface area contributed by atoms with Crippen molar-refractivity contribution < 1.29 is 28.2 Å². The second-order valence-electron chi connectivity index (χ2n) is 7.44.